The molecule has 0 fully saturated rings. The Labute approximate surface area is 83.0 Å². The van der Waals surface area contributed by atoms with E-state index in [2.05, 4.69) is 27.7 Å². The predicted molar refractivity (Wildman–Crippen MR) is 53.3 cm³/mol. The molecule has 1 aromatic rings. The van der Waals surface area contributed by atoms with E-state index in [0.717, 1.165) is 9.13 Å². The van der Waals surface area contributed by atoms with Crippen LogP contribution in [0.5, 0.6) is 0 Å². The Kier molecular flexibility index (Phi) is 3.14. The maximum atomic E-state index is 8.31. The largest absolute Gasteiger partial charge is 0.410 e. The summed E-state index contributed by atoms with van der Waals surface area (Å²) in [6, 6.07) is 7.38. The molecule has 0 amide bonds. The van der Waals surface area contributed by atoms with E-state index in [4.69, 9.17) is 16.8 Å². The molecule has 11 heavy (non-hydrogen) atoms. The molecule has 0 heterocycles. The smallest absolute Gasteiger partial charge is 0.175 e. The van der Waals surface area contributed by atoms with E-state index in [-0.39, 0.29) is 5.17 Å². The number of rotatable bonds is 1. The van der Waals surface area contributed by atoms with Gasteiger partial charge in [-0.25, -0.2) is 0 Å². The molecule has 0 aliphatic heterocycles. The van der Waals surface area contributed by atoms with Crippen molar-refractivity contribution in [1.29, 1.82) is 0 Å². The van der Waals surface area contributed by atoms with Crippen LogP contribution in [0.1, 0.15) is 5.56 Å². The third kappa shape index (κ3) is 2.34. The molecule has 0 atom stereocenters. The molecule has 0 saturated heterocycles. The van der Waals surface area contributed by atoms with Crippen molar-refractivity contribution >= 4 is 39.4 Å². The van der Waals surface area contributed by atoms with E-state index in [0.29, 0.717) is 0 Å². The average molecular weight is 281 g/mol. The number of nitrogens with zero attached hydrogens (tertiary/aromatic N) is 1. The zero-order valence-corrected chi connectivity index (χ0v) is 8.37. The van der Waals surface area contributed by atoms with E-state index >= 15 is 0 Å². The number of oxime groups is 1. The van der Waals surface area contributed by atoms with Crippen molar-refractivity contribution in [1.82, 2.24) is 0 Å². The minimum Gasteiger partial charge on any atom is -0.410 e. The van der Waals surface area contributed by atoms with Crippen LogP contribution >= 0.6 is 34.2 Å². The van der Waals surface area contributed by atoms with E-state index in [1.807, 2.05) is 12.1 Å². The maximum absolute atomic E-state index is 8.31. The van der Waals surface area contributed by atoms with Crippen LogP contribution in [0, 0.1) is 3.57 Å². The summed E-state index contributed by atoms with van der Waals surface area (Å²) in [4.78, 5) is 0. The Hall–Kier alpha value is -0.290. The van der Waals surface area contributed by atoms with Crippen molar-refractivity contribution in [3.05, 3.63) is 33.4 Å². The third-order valence-electron chi connectivity index (χ3n) is 1.17. The summed E-state index contributed by atoms with van der Waals surface area (Å²) in [7, 11) is 0. The second-order valence-corrected chi connectivity index (χ2v) is 3.50. The first-order valence-electron chi connectivity index (χ1n) is 2.87. The van der Waals surface area contributed by atoms with Gasteiger partial charge in [0.25, 0.3) is 0 Å². The summed E-state index contributed by atoms with van der Waals surface area (Å²) < 4.78 is 1.12. The molecule has 4 heteroatoms. The fourth-order valence-corrected chi connectivity index (χ4v) is 1.13. The van der Waals surface area contributed by atoms with Gasteiger partial charge < -0.3 is 5.21 Å². The van der Waals surface area contributed by atoms with Gasteiger partial charge in [-0.1, -0.05) is 28.9 Å². The highest BCUT2D eigenvalue weighted by molar-refractivity contribution is 14.1. The van der Waals surface area contributed by atoms with Crippen LogP contribution in [0.4, 0.5) is 0 Å². The fraction of sp³-hybridized carbons (Fsp3) is 0. The van der Waals surface area contributed by atoms with Crippen LogP contribution in [0.15, 0.2) is 29.4 Å². The predicted octanol–water partition coefficient (Wildman–Crippen LogP) is 2.67. The topological polar surface area (TPSA) is 32.6 Å². The van der Waals surface area contributed by atoms with Crippen LogP contribution in [-0.2, 0) is 0 Å². The lowest BCUT2D eigenvalue weighted by atomic mass is 10.2. The van der Waals surface area contributed by atoms with E-state index in [1.165, 1.54) is 0 Å². The molecule has 1 rings (SSSR count). The number of halogens is 2. The van der Waals surface area contributed by atoms with Gasteiger partial charge in [0.15, 0.2) is 5.17 Å². The lowest BCUT2D eigenvalue weighted by molar-refractivity contribution is 0.321. The van der Waals surface area contributed by atoms with Gasteiger partial charge in [-0.15, -0.1) is 0 Å². The summed E-state index contributed by atoms with van der Waals surface area (Å²) >= 11 is 7.73. The van der Waals surface area contributed by atoms with Gasteiger partial charge >= 0.3 is 0 Å². The highest BCUT2D eigenvalue weighted by atomic mass is 127. The van der Waals surface area contributed by atoms with Gasteiger partial charge in [-0.05, 0) is 34.7 Å². The van der Waals surface area contributed by atoms with Gasteiger partial charge in [0.1, 0.15) is 0 Å². The number of benzene rings is 1. The third-order valence-corrected chi connectivity index (χ3v) is 2.18. The zero-order chi connectivity index (χ0) is 8.27. The summed E-state index contributed by atoms with van der Waals surface area (Å²) in [5.74, 6) is 0. The van der Waals surface area contributed by atoms with E-state index < -0.39 is 0 Å². The molecule has 0 saturated carbocycles. The minimum atomic E-state index is 0.112. The lowest BCUT2D eigenvalue weighted by Gasteiger charge is -1.94. The monoisotopic (exact) mass is 281 g/mol. The molecular formula is C7H5ClINO. The molecule has 0 aliphatic rings. The summed E-state index contributed by atoms with van der Waals surface area (Å²) in [6.07, 6.45) is 0. The van der Waals surface area contributed by atoms with Gasteiger partial charge in [0.2, 0.25) is 0 Å². The fourth-order valence-electron chi connectivity index (χ4n) is 0.645. The summed E-state index contributed by atoms with van der Waals surface area (Å²) in [5, 5.41) is 11.3. The first kappa shape index (κ1) is 8.80. The molecule has 2 nitrogen and oxygen atoms in total. The second-order valence-electron chi connectivity index (χ2n) is 1.90. The molecule has 1 N–H and O–H groups in total. The quantitative estimate of drug-likeness (QED) is 0.365. The van der Waals surface area contributed by atoms with Crippen LogP contribution in [0.3, 0.4) is 0 Å². The summed E-state index contributed by atoms with van der Waals surface area (Å²) in [5.41, 5.74) is 0.717. The second kappa shape index (κ2) is 3.92. The molecule has 0 spiro atoms. The van der Waals surface area contributed by atoms with Crippen molar-refractivity contribution < 1.29 is 5.21 Å². The SMILES string of the molecule is O/N=C(\Cl)c1ccc(I)cc1. The van der Waals surface area contributed by atoms with Crippen molar-refractivity contribution in [3.63, 3.8) is 0 Å². The summed E-state index contributed by atoms with van der Waals surface area (Å²) in [6.45, 7) is 0. The standard InChI is InChI=1S/C7H5ClINO/c8-7(10-11)5-1-3-6(9)4-2-5/h1-4,11H/b10-7-. The van der Waals surface area contributed by atoms with E-state index in [1.54, 1.807) is 12.1 Å². The molecular weight excluding hydrogens is 276 g/mol. The Morgan fingerprint density at radius 2 is 1.91 bits per heavy atom. The Morgan fingerprint density at radius 3 is 2.36 bits per heavy atom. The molecule has 0 aromatic heterocycles. The van der Waals surface area contributed by atoms with Gasteiger partial charge in [0, 0.05) is 9.13 Å². The van der Waals surface area contributed by atoms with Crippen LogP contribution in [0.25, 0.3) is 0 Å². The first-order chi connectivity index (χ1) is 5.24. The van der Waals surface area contributed by atoms with Crippen LogP contribution in [-0.4, -0.2) is 10.4 Å². The normalized spacial score (nSPS) is 11.6. The molecule has 0 radical (unpaired) electrons. The zero-order valence-electron chi connectivity index (χ0n) is 5.46. The first-order valence-corrected chi connectivity index (χ1v) is 4.33. The Bertz CT molecular complexity index is 270. The van der Waals surface area contributed by atoms with Crippen LogP contribution in [0.2, 0.25) is 0 Å². The highest BCUT2D eigenvalue weighted by Crippen LogP contribution is 2.09. The number of hydrogen-bond donors (Lipinski definition) is 1. The highest BCUT2D eigenvalue weighted by Gasteiger charge is 1.97. The van der Waals surface area contributed by atoms with Crippen molar-refractivity contribution in [2.45, 2.75) is 0 Å². The van der Waals surface area contributed by atoms with Gasteiger partial charge in [-0.2, -0.15) is 0 Å². The molecule has 0 unspecified atom stereocenters. The Balaban J connectivity index is 2.99. The van der Waals surface area contributed by atoms with Crippen molar-refractivity contribution in [3.8, 4) is 0 Å². The maximum Gasteiger partial charge on any atom is 0.175 e. The molecule has 1 aromatic carbocycles. The lowest BCUT2D eigenvalue weighted by Crippen LogP contribution is -1.89. The van der Waals surface area contributed by atoms with Crippen molar-refractivity contribution in [2.75, 3.05) is 0 Å². The molecule has 58 valence electrons. The van der Waals surface area contributed by atoms with Crippen LogP contribution < -0.4 is 0 Å². The van der Waals surface area contributed by atoms with E-state index in [9.17, 15) is 0 Å². The molecule has 0 aliphatic carbocycles. The molecule has 0 bridgehead atoms. The van der Waals surface area contributed by atoms with Crippen molar-refractivity contribution in [2.24, 2.45) is 5.16 Å². The Morgan fingerprint density at radius 1 is 1.36 bits per heavy atom. The number of hydrogen-bond acceptors (Lipinski definition) is 2. The van der Waals surface area contributed by atoms with Gasteiger partial charge in [0.05, 0.1) is 0 Å². The minimum absolute atomic E-state index is 0.112. The van der Waals surface area contributed by atoms with Gasteiger partial charge in [-0.3, -0.25) is 0 Å². The average Bonchev–Trinajstić information content (AvgIpc) is 2.05.